The third-order valence-electron chi connectivity index (χ3n) is 5.80. The molecule has 4 heterocycles. The molecule has 1 aliphatic heterocycles. The molecule has 196 valence electrons. The van der Waals surface area contributed by atoms with E-state index in [2.05, 4.69) is 25.2 Å². The Hall–Kier alpha value is -3.42. The molecule has 1 fully saturated rings. The van der Waals surface area contributed by atoms with Crippen LogP contribution < -0.4 is 10.2 Å². The lowest BCUT2D eigenvalue weighted by molar-refractivity contribution is -0.129. The van der Waals surface area contributed by atoms with Gasteiger partial charge in [0.25, 0.3) is 5.91 Å². The third kappa shape index (κ3) is 7.31. The maximum atomic E-state index is 12.7. The van der Waals surface area contributed by atoms with E-state index in [-0.39, 0.29) is 36.5 Å². The SMILES string of the molecule is CC(=O)N1CCN(c2ccc(C(=O)Nc3nc(-c4cccnc4COCCS(C)(=O)=O)cs3)nc2)CC1. The molecule has 0 saturated carbocycles. The minimum absolute atomic E-state index is 0.0619. The molecule has 1 N–H and O–H groups in total. The molecule has 0 aliphatic carbocycles. The number of carbonyl (C=O) groups is 2. The standard InChI is InChI=1S/C24H28N6O5S2/c1-17(31)29-8-10-30(11-9-29)18-5-6-20(26-14-18)23(32)28-24-27-22(16-36-24)19-4-3-7-25-21(19)15-35-12-13-37(2,33)34/h3-7,14,16H,8-13,15H2,1-2H3,(H,27,28,32). The molecule has 13 heteroatoms. The van der Waals surface area contributed by atoms with E-state index in [0.29, 0.717) is 42.7 Å². The summed E-state index contributed by atoms with van der Waals surface area (Å²) in [5.41, 5.74) is 3.16. The van der Waals surface area contributed by atoms with Crippen molar-refractivity contribution in [1.82, 2.24) is 19.9 Å². The molecule has 0 spiro atoms. The predicted octanol–water partition coefficient (Wildman–Crippen LogP) is 2.08. The first-order chi connectivity index (χ1) is 17.7. The van der Waals surface area contributed by atoms with Crippen molar-refractivity contribution in [1.29, 1.82) is 0 Å². The zero-order valence-corrected chi connectivity index (χ0v) is 22.2. The van der Waals surface area contributed by atoms with E-state index in [1.54, 1.807) is 31.5 Å². The van der Waals surface area contributed by atoms with E-state index in [9.17, 15) is 18.0 Å². The number of nitrogens with one attached hydrogen (secondary N) is 1. The maximum absolute atomic E-state index is 12.7. The van der Waals surface area contributed by atoms with Crippen molar-refractivity contribution < 1.29 is 22.7 Å². The molecular formula is C24H28N6O5S2. The van der Waals surface area contributed by atoms with Crippen molar-refractivity contribution >= 4 is 43.8 Å². The Morgan fingerprint density at radius 1 is 1.14 bits per heavy atom. The van der Waals surface area contributed by atoms with Crippen LogP contribution in [0.5, 0.6) is 0 Å². The van der Waals surface area contributed by atoms with Crippen LogP contribution in [0.15, 0.2) is 42.0 Å². The van der Waals surface area contributed by atoms with Crippen molar-refractivity contribution in [3.8, 4) is 11.3 Å². The molecule has 3 aromatic rings. The number of amides is 2. The molecule has 0 radical (unpaired) electrons. The lowest BCUT2D eigenvalue weighted by Gasteiger charge is -2.35. The lowest BCUT2D eigenvalue weighted by Crippen LogP contribution is -2.48. The number of rotatable bonds is 9. The second-order valence-corrected chi connectivity index (χ2v) is 11.7. The third-order valence-corrected chi connectivity index (χ3v) is 7.46. The van der Waals surface area contributed by atoms with Crippen molar-refractivity contribution in [3.05, 3.63) is 53.4 Å². The van der Waals surface area contributed by atoms with Crippen LogP contribution in [0, 0.1) is 0 Å². The predicted molar refractivity (Wildman–Crippen MR) is 141 cm³/mol. The van der Waals surface area contributed by atoms with Gasteiger partial charge < -0.3 is 14.5 Å². The number of carbonyl (C=O) groups excluding carboxylic acids is 2. The number of anilines is 2. The second kappa shape index (κ2) is 11.8. The first-order valence-corrected chi connectivity index (χ1v) is 14.6. The van der Waals surface area contributed by atoms with Crippen molar-refractivity contribution in [3.63, 3.8) is 0 Å². The number of nitrogens with zero attached hydrogens (tertiary/aromatic N) is 5. The Morgan fingerprint density at radius 2 is 1.92 bits per heavy atom. The fraction of sp³-hybridized carbons (Fsp3) is 0.375. The first kappa shape index (κ1) is 26.6. The molecule has 0 bridgehead atoms. The summed E-state index contributed by atoms with van der Waals surface area (Å²) in [6.45, 7) is 4.55. The van der Waals surface area contributed by atoms with Gasteiger partial charge in [-0.3, -0.25) is 19.9 Å². The number of sulfone groups is 1. The van der Waals surface area contributed by atoms with Crippen LogP contribution in [0.3, 0.4) is 0 Å². The molecule has 4 rings (SSSR count). The summed E-state index contributed by atoms with van der Waals surface area (Å²) < 4.78 is 28.1. The molecule has 0 aromatic carbocycles. The minimum atomic E-state index is -3.10. The smallest absolute Gasteiger partial charge is 0.276 e. The Labute approximate surface area is 219 Å². The fourth-order valence-corrected chi connectivity index (χ4v) is 4.89. The Balaban J connectivity index is 1.35. The van der Waals surface area contributed by atoms with Gasteiger partial charge in [-0.15, -0.1) is 11.3 Å². The van der Waals surface area contributed by atoms with Gasteiger partial charge in [0.1, 0.15) is 15.5 Å². The van der Waals surface area contributed by atoms with Crippen LogP contribution >= 0.6 is 11.3 Å². The topological polar surface area (TPSA) is 135 Å². The number of pyridine rings is 2. The lowest BCUT2D eigenvalue weighted by atomic mass is 10.1. The van der Waals surface area contributed by atoms with Crippen LogP contribution in [-0.4, -0.2) is 84.9 Å². The van der Waals surface area contributed by atoms with Gasteiger partial charge in [-0.2, -0.15) is 0 Å². The second-order valence-electron chi connectivity index (χ2n) is 8.57. The first-order valence-electron chi connectivity index (χ1n) is 11.6. The summed E-state index contributed by atoms with van der Waals surface area (Å²) in [5, 5.41) is 5.01. The maximum Gasteiger partial charge on any atom is 0.276 e. The zero-order valence-electron chi connectivity index (χ0n) is 20.6. The van der Waals surface area contributed by atoms with E-state index < -0.39 is 9.84 Å². The number of piperazine rings is 1. The van der Waals surface area contributed by atoms with E-state index in [0.717, 1.165) is 17.5 Å². The summed E-state index contributed by atoms with van der Waals surface area (Å²) in [4.78, 5) is 41.4. The quantitative estimate of drug-likeness (QED) is 0.402. The molecular weight excluding hydrogens is 516 g/mol. The minimum Gasteiger partial charge on any atom is -0.374 e. The van der Waals surface area contributed by atoms with Gasteiger partial charge in [-0.05, 0) is 24.3 Å². The zero-order chi connectivity index (χ0) is 26.4. The molecule has 0 atom stereocenters. The summed E-state index contributed by atoms with van der Waals surface area (Å²) in [6.07, 6.45) is 4.46. The molecule has 3 aromatic heterocycles. The summed E-state index contributed by atoms with van der Waals surface area (Å²) in [7, 11) is -3.10. The molecule has 37 heavy (non-hydrogen) atoms. The van der Waals surface area contributed by atoms with Crippen molar-refractivity contribution in [2.75, 3.05) is 55.0 Å². The highest BCUT2D eigenvalue weighted by molar-refractivity contribution is 7.90. The Kier molecular flexibility index (Phi) is 8.46. The monoisotopic (exact) mass is 544 g/mol. The molecule has 0 unspecified atom stereocenters. The molecule has 1 saturated heterocycles. The number of hydrogen-bond donors (Lipinski definition) is 1. The molecule has 1 aliphatic rings. The van der Waals surface area contributed by atoms with Crippen LogP contribution in [0.4, 0.5) is 10.8 Å². The van der Waals surface area contributed by atoms with Gasteiger partial charge in [0.05, 0.1) is 42.2 Å². The number of aromatic nitrogens is 3. The van der Waals surface area contributed by atoms with Crippen LogP contribution in [0.2, 0.25) is 0 Å². The van der Waals surface area contributed by atoms with E-state index in [1.807, 2.05) is 22.4 Å². The van der Waals surface area contributed by atoms with Crippen molar-refractivity contribution in [2.24, 2.45) is 0 Å². The van der Waals surface area contributed by atoms with Gasteiger partial charge >= 0.3 is 0 Å². The average molecular weight is 545 g/mol. The van der Waals surface area contributed by atoms with E-state index in [4.69, 9.17) is 4.74 Å². The number of thiazole rings is 1. The summed E-state index contributed by atoms with van der Waals surface area (Å²) in [5.74, 6) is -0.356. The van der Waals surface area contributed by atoms with Crippen LogP contribution in [-0.2, 0) is 26.0 Å². The fourth-order valence-electron chi connectivity index (χ4n) is 3.77. The van der Waals surface area contributed by atoms with E-state index in [1.165, 1.54) is 11.3 Å². The number of hydrogen-bond acceptors (Lipinski definition) is 10. The van der Waals surface area contributed by atoms with Gasteiger partial charge in [0.2, 0.25) is 5.91 Å². The summed E-state index contributed by atoms with van der Waals surface area (Å²) in [6, 6.07) is 7.14. The molecule has 11 nitrogen and oxygen atoms in total. The number of ether oxygens (including phenoxy) is 1. The highest BCUT2D eigenvalue weighted by Crippen LogP contribution is 2.27. The van der Waals surface area contributed by atoms with Gasteiger partial charge in [0.15, 0.2) is 5.13 Å². The van der Waals surface area contributed by atoms with Crippen LogP contribution in [0.25, 0.3) is 11.3 Å². The molecule has 2 amide bonds. The summed E-state index contributed by atoms with van der Waals surface area (Å²) >= 11 is 1.28. The van der Waals surface area contributed by atoms with Crippen LogP contribution in [0.1, 0.15) is 23.1 Å². The normalized spacial score (nSPS) is 14.0. The van der Waals surface area contributed by atoms with E-state index >= 15 is 0 Å². The highest BCUT2D eigenvalue weighted by atomic mass is 32.2. The largest absolute Gasteiger partial charge is 0.374 e. The van der Waals surface area contributed by atoms with Crippen molar-refractivity contribution in [2.45, 2.75) is 13.5 Å². The average Bonchev–Trinajstić information content (AvgIpc) is 3.34. The Bertz CT molecular complexity index is 1350. The highest BCUT2D eigenvalue weighted by Gasteiger charge is 2.20. The van der Waals surface area contributed by atoms with Gasteiger partial charge in [-0.25, -0.2) is 18.4 Å². The van der Waals surface area contributed by atoms with Gasteiger partial charge in [-0.1, -0.05) is 0 Å². The van der Waals surface area contributed by atoms with Gasteiger partial charge in [0, 0.05) is 56.5 Å². The Morgan fingerprint density at radius 3 is 2.59 bits per heavy atom.